The molecule has 0 saturated carbocycles. The number of rotatable bonds is 9. The molecule has 0 aliphatic carbocycles. The van der Waals surface area contributed by atoms with Crippen molar-refractivity contribution in [3.05, 3.63) is 59.7 Å². The molecule has 0 N–H and O–H groups in total. The summed E-state index contributed by atoms with van der Waals surface area (Å²) in [6.45, 7) is 7.44. The fourth-order valence-corrected chi connectivity index (χ4v) is 2.65. The highest BCUT2D eigenvalue weighted by atomic mass is 16.6. The van der Waals surface area contributed by atoms with Gasteiger partial charge in [-0.05, 0) is 39.0 Å². The van der Waals surface area contributed by atoms with Crippen LogP contribution in [0.25, 0.3) is 0 Å². The summed E-state index contributed by atoms with van der Waals surface area (Å²) in [5, 5.41) is 0. The summed E-state index contributed by atoms with van der Waals surface area (Å²) < 4.78 is 10.8. The highest BCUT2D eigenvalue weighted by Gasteiger charge is 2.11. The smallest absolute Gasteiger partial charge is 0.344 e. The Morgan fingerprint density at radius 2 is 1.73 bits per heavy atom. The summed E-state index contributed by atoms with van der Waals surface area (Å²) in [4.78, 5) is 25.6. The monoisotopic (exact) mass is 355 g/mol. The predicted octanol–water partition coefficient (Wildman–Crippen LogP) is 3.86. The molecule has 0 heterocycles. The van der Waals surface area contributed by atoms with Gasteiger partial charge in [0, 0.05) is 29.9 Å². The van der Waals surface area contributed by atoms with Crippen molar-refractivity contribution in [1.82, 2.24) is 0 Å². The summed E-state index contributed by atoms with van der Waals surface area (Å²) >= 11 is 0. The van der Waals surface area contributed by atoms with Crippen LogP contribution in [0.15, 0.2) is 48.5 Å². The maximum Gasteiger partial charge on any atom is 0.344 e. The lowest BCUT2D eigenvalue weighted by molar-refractivity contribution is -0.147. The van der Waals surface area contributed by atoms with Crippen molar-refractivity contribution in [3.63, 3.8) is 0 Å². The molecule has 0 unspecified atom stereocenters. The number of para-hydroxylation sites is 1. The molecule has 2 rings (SSSR count). The van der Waals surface area contributed by atoms with E-state index in [2.05, 4.69) is 18.7 Å². The van der Waals surface area contributed by atoms with Crippen molar-refractivity contribution < 1.29 is 19.1 Å². The van der Waals surface area contributed by atoms with Gasteiger partial charge < -0.3 is 14.4 Å². The number of ether oxygens (including phenoxy) is 2. The molecule has 0 aliphatic heterocycles. The quantitative estimate of drug-likeness (QED) is 0.505. The number of anilines is 1. The van der Waals surface area contributed by atoms with E-state index in [1.165, 1.54) is 6.92 Å². The maximum atomic E-state index is 12.0. The zero-order valence-electron chi connectivity index (χ0n) is 15.5. The second-order valence-corrected chi connectivity index (χ2v) is 5.83. The molecule has 0 saturated heterocycles. The molecule has 0 radical (unpaired) electrons. The number of hydrogen-bond acceptors (Lipinski definition) is 5. The molecule has 2 aromatic rings. The second-order valence-electron chi connectivity index (χ2n) is 5.83. The van der Waals surface area contributed by atoms with E-state index in [-0.39, 0.29) is 19.0 Å². The van der Waals surface area contributed by atoms with Gasteiger partial charge in [0.2, 0.25) is 0 Å². The molecular weight excluding hydrogens is 330 g/mol. The van der Waals surface area contributed by atoms with E-state index in [9.17, 15) is 9.59 Å². The Morgan fingerprint density at radius 3 is 2.42 bits per heavy atom. The van der Waals surface area contributed by atoms with Gasteiger partial charge in [0.1, 0.15) is 12.4 Å². The molecule has 0 aliphatic rings. The second kappa shape index (κ2) is 9.61. The molecule has 0 amide bonds. The van der Waals surface area contributed by atoms with Gasteiger partial charge in [0.15, 0.2) is 12.4 Å². The Labute approximate surface area is 154 Å². The third-order valence-corrected chi connectivity index (χ3v) is 4.08. The fraction of sp³-hybridized carbons (Fsp3) is 0.333. The van der Waals surface area contributed by atoms with Crippen LogP contribution in [-0.4, -0.2) is 31.4 Å². The molecule has 5 nitrogen and oxygen atoms in total. The van der Waals surface area contributed by atoms with Gasteiger partial charge in [-0.15, -0.1) is 0 Å². The molecule has 0 atom stereocenters. The first kappa shape index (κ1) is 19.5. The first-order valence-electron chi connectivity index (χ1n) is 8.77. The summed E-state index contributed by atoms with van der Waals surface area (Å²) in [5.74, 6) is -0.0307. The number of esters is 1. The minimum Gasteiger partial charge on any atom is -0.482 e. The first-order chi connectivity index (χ1) is 12.5. The molecule has 0 spiro atoms. The highest BCUT2D eigenvalue weighted by molar-refractivity contribution is 5.94. The predicted molar refractivity (Wildman–Crippen MR) is 102 cm³/mol. The van der Waals surface area contributed by atoms with Crippen LogP contribution in [0.4, 0.5) is 5.69 Å². The molecular formula is C21H25NO4. The average molecular weight is 355 g/mol. The third-order valence-electron chi connectivity index (χ3n) is 4.08. The summed E-state index contributed by atoms with van der Waals surface area (Å²) in [6.07, 6.45) is 0. The SMILES string of the molecule is CCN(CC)c1ccccc1COC(=O)COc1cccc(C(C)=O)c1. The number of carbonyl (C=O) groups is 2. The normalized spacial score (nSPS) is 10.3. The largest absolute Gasteiger partial charge is 0.482 e. The van der Waals surface area contributed by atoms with Gasteiger partial charge >= 0.3 is 5.97 Å². The molecule has 2 aromatic carbocycles. The number of carbonyl (C=O) groups excluding carboxylic acids is 2. The molecule has 0 fully saturated rings. The number of Topliss-reactive ketones (excluding diaryl/α,β-unsaturated/α-hetero) is 1. The molecule has 0 bridgehead atoms. The molecule has 26 heavy (non-hydrogen) atoms. The van der Waals surface area contributed by atoms with Gasteiger partial charge in [-0.2, -0.15) is 0 Å². The lowest BCUT2D eigenvalue weighted by Gasteiger charge is -2.24. The highest BCUT2D eigenvalue weighted by Crippen LogP contribution is 2.21. The summed E-state index contributed by atoms with van der Waals surface area (Å²) in [7, 11) is 0. The molecule has 138 valence electrons. The van der Waals surface area contributed by atoms with Crippen LogP contribution in [0, 0.1) is 0 Å². The van der Waals surface area contributed by atoms with Crippen LogP contribution in [0.3, 0.4) is 0 Å². The van der Waals surface area contributed by atoms with Crippen LogP contribution < -0.4 is 9.64 Å². The van der Waals surface area contributed by atoms with Crippen LogP contribution in [-0.2, 0) is 16.1 Å². The number of ketones is 1. The number of nitrogens with zero attached hydrogens (tertiary/aromatic N) is 1. The standard InChI is InChI=1S/C21H25NO4/c1-4-22(5-2)20-12-7-6-9-18(20)14-26-21(24)15-25-19-11-8-10-17(13-19)16(3)23/h6-13H,4-5,14-15H2,1-3H3. The Hall–Kier alpha value is -2.82. The van der Waals surface area contributed by atoms with E-state index < -0.39 is 5.97 Å². The summed E-state index contributed by atoms with van der Waals surface area (Å²) in [6, 6.07) is 14.6. The molecule has 0 aromatic heterocycles. The zero-order valence-corrected chi connectivity index (χ0v) is 15.5. The van der Waals surface area contributed by atoms with E-state index in [1.807, 2.05) is 24.3 Å². The van der Waals surface area contributed by atoms with Gasteiger partial charge in [-0.3, -0.25) is 4.79 Å². The first-order valence-corrected chi connectivity index (χ1v) is 8.77. The van der Waals surface area contributed by atoms with Crippen molar-refractivity contribution in [2.24, 2.45) is 0 Å². The van der Waals surface area contributed by atoms with Crippen LogP contribution in [0.1, 0.15) is 36.7 Å². The average Bonchev–Trinajstić information content (AvgIpc) is 2.66. The third kappa shape index (κ3) is 5.34. The van der Waals surface area contributed by atoms with E-state index in [0.717, 1.165) is 24.3 Å². The lowest BCUT2D eigenvalue weighted by atomic mass is 10.1. The van der Waals surface area contributed by atoms with Crippen LogP contribution in [0.5, 0.6) is 5.75 Å². The van der Waals surface area contributed by atoms with Crippen molar-refractivity contribution in [1.29, 1.82) is 0 Å². The van der Waals surface area contributed by atoms with Crippen LogP contribution >= 0.6 is 0 Å². The van der Waals surface area contributed by atoms with Gasteiger partial charge in [-0.1, -0.05) is 30.3 Å². The topological polar surface area (TPSA) is 55.8 Å². The maximum absolute atomic E-state index is 12.0. The Balaban J connectivity index is 1.92. The van der Waals surface area contributed by atoms with E-state index >= 15 is 0 Å². The number of benzene rings is 2. The zero-order chi connectivity index (χ0) is 18.9. The Bertz CT molecular complexity index is 753. The van der Waals surface area contributed by atoms with Gasteiger partial charge in [-0.25, -0.2) is 4.79 Å². The molecule has 5 heteroatoms. The Kier molecular flexibility index (Phi) is 7.21. The van der Waals surface area contributed by atoms with Crippen molar-refractivity contribution >= 4 is 17.4 Å². The van der Waals surface area contributed by atoms with E-state index in [4.69, 9.17) is 9.47 Å². The van der Waals surface area contributed by atoms with Gasteiger partial charge in [0.25, 0.3) is 0 Å². The minimum absolute atomic E-state index is 0.0500. The van der Waals surface area contributed by atoms with E-state index in [1.54, 1.807) is 24.3 Å². The van der Waals surface area contributed by atoms with Crippen molar-refractivity contribution in [2.75, 3.05) is 24.6 Å². The minimum atomic E-state index is -0.451. The van der Waals surface area contributed by atoms with Gasteiger partial charge in [0.05, 0.1) is 0 Å². The Morgan fingerprint density at radius 1 is 1.00 bits per heavy atom. The number of hydrogen-bond donors (Lipinski definition) is 0. The lowest BCUT2D eigenvalue weighted by Crippen LogP contribution is -2.23. The van der Waals surface area contributed by atoms with E-state index in [0.29, 0.717) is 11.3 Å². The van der Waals surface area contributed by atoms with Crippen molar-refractivity contribution in [3.8, 4) is 5.75 Å². The van der Waals surface area contributed by atoms with Crippen LogP contribution in [0.2, 0.25) is 0 Å². The fourth-order valence-electron chi connectivity index (χ4n) is 2.65. The van der Waals surface area contributed by atoms with Crippen molar-refractivity contribution in [2.45, 2.75) is 27.4 Å². The summed E-state index contributed by atoms with van der Waals surface area (Å²) in [5.41, 5.74) is 2.58.